The Balaban J connectivity index is 1.37. The molecule has 0 aliphatic carbocycles. The lowest BCUT2D eigenvalue weighted by Crippen LogP contribution is -2.46. The van der Waals surface area contributed by atoms with Crippen molar-refractivity contribution in [1.29, 1.82) is 5.26 Å². The number of nitrogens with two attached hydrogens (primary N) is 1. The molecule has 1 fully saturated rings. The molecule has 0 spiro atoms. The van der Waals surface area contributed by atoms with Crippen LogP contribution >= 0.6 is 0 Å². The predicted octanol–water partition coefficient (Wildman–Crippen LogP) is 0.766. The van der Waals surface area contributed by atoms with Crippen molar-refractivity contribution in [2.45, 2.75) is 6.54 Å². The van der Waals surface area contributed by atoms with Crippen LogP contribution in [-0.4, -0.2) is 56.3 Å². The second kappa shape index (κ2) is 6.85. The van der Waals surface area contributed by atoms with E-state index in [0.29, 0.717) is 17.2 Å². The van der Waals surface area contributed by atoms with Crippen LogP contribution in [0.5, 0.6) is 0 Å². The highest BCUT2D eigenvalue weighted by Gasteiger charge is 2.23. The molecule has 0 bridgehead atoms. The summed E-state index contributed by atoms with van der Waals surface area (Å²) >= 11 is 0. The van der Waals surface area contributed by atoms with Gasteiger partial charge in [0.1, 0.15) is 17.5 Å². The summed E-state index contributed by atoms with van der Waals surface area (Å²) in [6, 6.07) is 12.0. The second-order valence-corrected chi connectivity index (χ2v) is 6.17. The molecule has 1 aromatic carbocycles. The normalized spacial score (nSPS) is 15.1. The topological polar surface area (TPSA) is 116 Å². The predicted molar refractivity (Wildman–Crippen MR) is 96.6 cm³/mol. The van der Waals surface area contributed by atoms with Gasteiger partial charge in [0.05, 0.1) is 17.6 Å². The first-order valence-corrected chi connectivity index (χ1v) is 8.42. The highest BCUT2D eigenvalue weighted by molar-refractivity contribution is 5.64. The minimum absolute atomic E-state index is 0.322. The van der Waals surface area contributed by atoms with Gasteiger partial charge < -0.3 is 10.6 Å². The van der Waals surface area contributed by atoms with Crippen molar-refractivity contribution in [1.82, 2.24) is 30.1 Å². The van der Waals surface area contributed by atoms with Crippen LogP contribution in [-0.2, 0) is 6.54 Å². The minimum atomic E-state index is 0.322. The average Bonchev–Trinajstić information content (AvgIpc) is 3.29. The van der Waals surface area contributed by atoms with E-state index in [4.69, 9.17) is 5.73 Å². The zero-order chi connectivity index (χ0) is 17.9. The molecule has 1 aliphatic rings. The summed E-state index contributed by atoms with van der Waals surface area (Å²) in [6.07, 6.45) is 1.81. The van der Waals surface area contributed by atoms with Crippen LogP contribution in [0.15, 0.2) is 36.5 Å². The molecule has 132 valence electrons. The van der Waals surface area contributed by atoms with Crippen LogP contribution in [0.4, 0.5) is 11.6 Å². The van der Waals surface area contributed by atoms with Gasteiger partial charge in [-0.15, -0.1) is 0 Å². The fraction of sp³-hybridized carbons (Fsp3) is 0.294. The lowest BCUT2D eigenvalue weighted by molar-refractivity contribution is 0.246. The SMILES string of the molecule is N#Cc1c(N2CCN(Cc3cnn(-c4ccccc4)n3)CC2)n[nH]c1N. The number of piperazine rings is 1. The zero-order valence-electron chi connectivity index (χ0n) is 14.2. The molecule has 9 nitrogen and oxygen atoms in total. The van der Waals surface area contributed by atoms with E-state index in [2.05, 4.69) is 36.3 Å². The summed E-state index contributed by atoms with van der Waals surface area (Å²) in [7, 11) is 0. The molecule has 9 heteroatoms. The molecule has 3 heterocycles. The van der Waals surface area contributed by atoms with Crippen molar-refractivity contribution in [2.24, 2.45) is 0 Å². The molecule has 3 aromatic rings. The molecule has 0 saturated carbocycles. The van der Waals surface area contributed by atoms with Gasteiger partial charge in [-0.05, 0) is 12.1 Å². The van der Waals surface area contributed by atoms with Crippen LogP contribution < -0.4 is 10.6 Å². The Labute approximate surface area is 150 Å². The van der Waals surface area contributed by atoms with E-state index in [1.54, 1.807) is 4.80 Å². The fourth-order valence-corrected chi connectivity index (χ4v) is 3.08. The number of aromatic nitrogens is 5. The Hall–Kier alpha value is -3.38. The van der Waals surface area contributed by atoms with Crippen molar-refractivity contribution in [3.63, 3.8) is 0 Å². The highest BCUT2D eigenvalue weighted by atomic mass is 15.5. The van der Waals surface area contributed by atoms with Crippen molar-refractivity contribution >= 4 is 11.6 Å². The van der Waals surface area contributed by atoms with E-state index >= 15 is 0 Å². The van der Waals surface area contributed by atoms with Gasteiger partial charge in [-0.2, -0.15) is 25.4 Å². The van der Waals surface area contributed by atoms with Crippen LogP contribution in [0.1, 0.15) is 11.3 Å². The number of aromatic amines is 1. The zero-order valence-corrected chi connectivity index (χ0v) is 14.2. The standard InChI is InChI=1S/C17H19N9/c18-10-15-16(19)21-22-17(15)25-8-6-24(7-9-25)12-13-11-20-26(23-13)14-4-2-1-3-5-14/h1-5,11H,6-9,12H2,(H3,19,21,22). The monoisotopic (exact) mass is 349 g/mol. The Morgan fingerprint density at radius 2 is 1.92 bits per heavy atom. The van der Waals surface area contributed by atoms with Gasteiger partial charge in [-0.1, -0.05) is 18.2 Å². The Morgan fingerprint density at radius 1 is 1.15 bits per heavy atom. The van der Waals surface area contributed by atoms with Gasteiger partial charge in [0.25, 0.3) is 0 Å². The van der Waals surface area contributed by atoms with E-state index in [1.165, 1.54) is 0 Å². The van der Waals surface area contributed by atoms with Gasteiger partial charge in [0.15, 0.2) is 5.82 Å². The molecule has 0 amide bonds. The molecule has 0 unspecified atom stereocenters. The number of hydrogen-bond donors (Lipinski definition) is 2. The van der Waals surface area contributed by atoms with Gasteiger partial charge >= 0.3 is 0 Å². The first-order chi connectivity index (χ1) is 12.7. The summed E-state index contributed by atoms with van der Waals surface area (Å²) in [5.41, 5.74) is 8.05. The molecule has 0 radical (unpaired) electrons. The maximum Gasteiger partial charge on any atom is 0.170 e. The minimum Gasteiger partial charge on any atom is -0.383 e. The first kappa shape index (κ1) is 16.1. The van der Waals surface area contributed by atoms with Crippen molar-refractivity contribution in [2.75, 3.05) is 36.8 Å². The van der Waals surface area contributed by atoms with Crippen LogP contribution in [0.25, 0.3) is 5.69 Å². The van der Waals surface area contributed by atoms with Gasteiger partial charge in [-0.25, -0.2) is 0 Å². The number of nitrogens with one attached hydrogen (secondary N) is 1. The molecule has 1 saturated heterocycles. The van der Waals surface area contributed by atoms with Crippen LogP contribution in [0.2, 0.25) is 0 Å². The summed E-state index contributed by atoms with van der Waals surface area (Å²) in [4.78, 5) is 6.05. The number of anilines is 2. The van der Waals surface area contributed by atoms with Crippen LogP contribution in [0, 0.1) is 11.3 Å². The van der Waals surface area contributed by atoms with E-state index in [1.807, 2.05) is 36.5 Å². The molecule has 26 heavy (non-hydrogen) atoms. The number of benzene rings is 1. The molecular weight excluding hydrogens is 330 g/mol. The van der Waals surface area contributed by atoms with Crippen molar-refractivity contribution < 1.29 is 0 Å². The largest absolute Gasteiger partial charge is 0.383 e. The summed E-state index contributed by atoms with van der Waals surface area (Å²) in [5, 5.41) is 25.0. The number of hydrogen-bond acceptors (Lipinski definition) is 7. The lowest BCUT2D eigenvalue weighted by atomic mass is 10.2. The van der Waals surface area contributed by atoms with E-state index in [0.717, 1.165) is 44.1 Å². The lowest BCUT2D eigenvalue weighted by Gasteiger charge is -2.34. The third kappa shape index (κ3) is 3.10. The van der Waals surface area contributed by atoms with Gasteiger partial charge in [0.2, 0.25) is 0 Å². The quantitative estimate of drug-likeness (QED) is 0.714. The molecule has 4 rings (SSSR count). The Bertz CT molecular complexity index is 913. The number of para-hydroxylation sites is 1. The van der Waals surface area contributed by atoms with Gasteiger partial charge in [0, 0.05) is 32.7 Å². The number of rotatable bonds is 4. The Morgan fingerprint density at radius 3 is 2.65 bits per heavy atom. The number of nitrogen functional groups attached to an aromatic ring is 1. The summed E-state index contributed by atoms with van der Waals surface area (Å²) < 4.78 is 0. The molecular formula is C17H19N9. The Kier molecular flexibility index (Phi) is 4.25. The molecule has 0 atom stereocenters. The highest BCUT2D eigenvalue weighted by Crippen LogP contribution is 2.23. The third-order valence-electron chi connectivity index (χ3n) is 4.47. The third-order valence-corrected chi connectivity index (χ3v) is 4.47. The molecule has 1 aliphatic heterocycles. The van der Waals surface area contributed by atoms with E-state index in [9.17, 15) is 5.26 Å². The van der Waals surface area contributed by atoms with E-state index < -0.39 is 0 Å². The average molecular weight is 349 g/mol. The second-order valence-electron chi connectivity index (χ2n) is 6.17. The summed E-state index contributed by atoms with van der Waals surface area (Å²) in [5.74, 6) is 0.960. The first-order valence-electron chi connectivity index (χ1n) is 8.42. The van der Waals surface area contributed by atoms with Crippen molar-refractivity contribution in [3.05, 3.63) is 47.8 Å². The van der Waals surface area contributed by atoms with Crippen molar-refractivity contribution in [3.8, 4) is 11.8 Å². The smallest absolute Gasteiger partial charge is 0.170 e. The summed E-state index contributed by atoms with van der Waals surface area (Å²) in [6.45, 7) is 4.03. The van der Waals surface area contributed by atoms with Crippen LogP contribution in [0.3, 0.4) is 0 Å². The molecule has 3 N–H and O–H groups in total. The van der Waals surface area contributed by atoms with Gasteiger partial charge in [-0.3, -0.25) is 10.00 Å². The number of nitrogens with zero attached hydrogens (tertiary/aromatic N) is 7. The number of nitriles is 1. The molecule has 2 aromatic heterocycles. The van der Waals surface area contributed by atoms with E-state index in [-0.39, 0.29) is 0 Å². The fourth-order valence-electron chi connectivity index (χ4n) is 3.08. The number of H-pyrrole nitrogens is 1. The maximum atomic E-state index is 9.22. The maximum absolute atomic E-state index is 9.22.